The van der Waals surface area contributed by atoms with Crippen LogP contribution in [-0.4, -0.2) is 19.1 Å². The molecule has 1 aromatic carbocycles. The number of esters is 1. The first-order chi connectivity index (χ1) is 7.11. The molecule has 0 aliphatic carbocycles. The smallest absolute Gasteiger partial charge is 0.368 e. The highest BCUT2D eigenvalue weighted by molar-refractivity contribution is 5.95. The molecule has 6 heteroatoms. The van der Waals surface area contributed by atoms with Gasteiger partial charge < -0.3 is 10.5 Å². The fourth-order valence-electron chi connectivity index (χ4n) is 1.29. The molecule has 0 fully saturated rings. The quantitative estimate of drug-likeness (QED) is 0.490. The summed E-state index contributed by atoms with van der Waals surface area (Å²) in [6.45, 7) is 0. The third-order valence-electron chi connectivity index (χ3n) is 1.98. The zero-order valence-electron chi connectivity index (χ0n) is 7.85. The molecule has 2 rings (SSSR count). The number of hydrogen-bond acceptors (Lipinski definition) is 4. The topological polar surface area (TPSA) is 94.1 Å². The van der Waals surface area contributed by atoms with Gasteiger partial charge in [0, 0.05) is 5.69 Å². The normalized spacial score (nSPS) is 12.7. The van der Waals surface area contributed by atoms with Crippen molar-refractivity contribution in [3.63, 3.8) is 0 Å². The summed E-state index contributed by atoms with van der Waals surface area (Å²) in [6, 6.07) is 2.23. The molecule has 1 heterocycles. The molecule has 1 aliphatic heterocycles. The molecular formula is C9H7N3O3. The largest absolute Gasteiger partial charge is 0.465 e. The molecule has 0 saturated carbocycles. The number of fused-ring (bicyclic) bond motifs is 1. The van der Waals surface area contributed by atoms with Crippen LogP contribution in [0, 0.1) is 0 Å². The van der Waals surface area contributed by atoms with E-state index in [0.717, 1.165) is 0 Å². The van der Waals surface area contributed by atoms with Gasteiger partial charge in [-0.15, -0.1) is 0 Å². The summed E-state index contributed by atoms with van der Waals surface area (Å²) in [5, 5.41) is 0.722. The van der Waals surface area contributed by atoms with Gasteiger partial charge in [-0.3, -0.25) is 0 Å². The van der Waals surface area contributed by atoms with E-state index < -0.39 is 12.0 Å². The molecule has 6 nitrogen and oxygen atoms in total. The average molecular weight is 205 g/mol. The number of carbonyl (C=O) groups is 2. The Bertz CT molecular complexity index is 577. The highest BCUT2D eigenvalue weighted by Crippen LogP contribution is 2.07. The lowest BCUT2D eigenvalue weighted by Crippen LogP contribution is -2.25. The van der Waals surface area contributed by atoms with Crippen LogP contribution in [0.2, 0.25) is 0 Å². The maximum absolute atomic E-state index is 11.3. The van der Waals surface area contributed by atoms with Gasteiger partial charge in [0.05, 0.1) is 23.4 Å². The van der Waals surface area contributed by atoms with Crippen molar-refractivity contribution in [2.75, 3.05) is 12.8 Å². The fraction of sp³-hybridized carbons (Fsp3) is 0.111. The number of methoxy groups -OCH3 is 1. The van der Waals surface area contributed by atoms with Gasteiger partial charge in [-0.1, -0.05) is 0 Å². The van der Waals surface area contributed by atoms with Crippen LogP contribution in [0.15, 0.2) is 22.1 Å². The lowest BCUT2D eigenvalue weighted by molar-refractivity contribution is 0.0601. The number of nitrogens with zero attached hydrogens (tertiary/aromatic N) is 2. The summed E-state index contributed by atoms with van der Waals surface area (Å²) in [6.07, 6.45) is 0. The first-order valence-corrected chi connectivity index (χ1v) is 4.11. The number of nitrogen functional groups attached to an aromatic ring is 1. The summed E-state index contributed by atoms with van der Waals surface area (Å²) in [7, 11) is 1.25. The van der Waals surface area contributed by atoms with Gasteiger partial charge >= 0.3 is 12.0 Å². The number of hydrogen-bond donors (Lipinski definition) is 1. The number of ether oxygens (including phenoxy) is 1. The summed E-state index contributed by atoms with van der Waals surface area (Å²) < 4.78 is 4.53. The van der Waals surface area contributed by atoms with Crippen molar-refractivity contribution in [1.82, 2.24) is 0 Å². The Morgan fingerprint density at radius 3 is 2.53 bits per heavy atom. The van der Waals surface area contributed by atoms with Crippen LogP contribution < -0.4 is 16.4 Å². The summed E-state index contributed by atoms with van der Waals surface area (Å²) in [5.74, 6) is -0.565. The lowest BCUT2D eigenvalue weighted by atomic mass is 10.1. The number of rotatable bonds is 1. The first-order valence-electron chi connectivity index (χ1n) is 4.11. The van der Waals surface area contributed by atoms with Gasteiger partial charge in [0.25, 0.3) is 0 Å². The van der Waals surface area contributed by atoms with Crippen molar-refractivity contribution in [1.29, 1.82) is 0 Å². The van der Waals surface area contributed by atoms with Crippen molar-refractivity contribution in [2.24, 2.45) is 9.98 Å². The van der Waals surface area contributed by atoms with Crippen LogP contribution in [0.3, 0.4) is 0 Å². The molecule has 0 saturated heterocycles. The highest BCUT2D eigenvalue weighted by atomic mass is 16.5. The Morgan fingerprint density at radius 1 is 1.33 bits per heavy atom. The molecule has 0 unspecified atom stereocenters. The van der Waals surface area contributed by atoms with Gasteiger partial charge in [0.2, 0.25) is 0 Å². The number of benzene rings is 1. The predicted molar refractivity (Wildman–Crippen MR) is 49.9 cm³/mol. The van der Waals surface area contributed by atoms with Crippen LogP contribution in [0.5, 0.6) is 0 Å². The standard InChI is InChI=1S/C9H7N3O3/c1-15-8(13)4-2-6-7(3-5(4)10)12-9(14)11-6/h2-3H,10H2,1H3. The molecule has 0 radical (unpaired) electrons. The molecule has 76 valence electrons. The molecule has 1 aliphatic rings. The van der Waals surface area contributed by atoms with E-state index in [1.807, 2.05) is 0 Å². The molecule has 0 aromatic heterocycles. The van der Waals surface area contributed by atoms with Crippen LogP contribution in [-0.2, 0) is 4.74 Å². The number of anilines is 1. The van der Waals surface area contributed by atoms with Crippen molar-refractivity contribution in [3.8, 4) is 0 Å². The Hall–Kier alpha value is -2.24. The second-order valence-corrected chi connectivity index (χ2v) is 2.93. The molecular weight excluding hydrogens is 198 g/mol. The Balaban J connectivity index is 2.70. The van der Waals surface area contributed by atoms with Crippen molar-refractivity contribution in [3.05, 3.63) is 28.4 Å². The summed E-state index contributed by atoms with van der Waals surface area (Å²) >= 11 is 0. The molecule has 2 N–H and O–H groups in total. The van der Waals surface area contributed by atoms with Crippen molar-refractivity contribution < 1.29 is 14.3 Å². The average Bonchev–Trinajstić information content (AvgIpc) is 2.55. The number of nitrogens with two attached hydrogens (primary N) is 1. The monoisotopic (exact) mass is 205 g/mol. The predicted octanol–water partition coefficient (Wildman–Crippen LogP) is -0.572. The number of urea groups is 1. The van der Waals surface area contributed by atoms with Crippen molar-refractivity contribution in [2.45, 2.75) is 0 Å². The first kappa shape index (κ1) is 9.32. The molecule has 15 heavy (non-hydrogen) atoms. The molecule has 0 spiro atoms. The minimum Gasteiger partial charge on any atom is -0.465 e. The second kappa shape index (κ2) is 3.16. The fourth-order valence-corrected chi connectivity index (χ4v) is 1.29. The summed E-state index contributed by atoms with van der Waals surface area (Å²) in [4.78, 5) is 29.3. The maximum Gasteiger partial charge on any atom is 0.368 e. The second-order valence-electron chi connectivity index (χ2n) is 2.93. The van der Waals surface area contributed by atoms with Crippen LogP contribution >= 0.6 is 0 Å². The number of amides is 2. The minimum atomic E-state index is -0.591. The van der Waals surface area contributed by atoms with Crippen LogP contribution in [0.1, 0.15) is 10.4 Å². The number of carbonyl (C=O) groups excluding carboxylic acids is 2. The Morgan fingerprint density at radius 2 is 1.93 bits per heavy atom. The van der Waals surface area contributed by atoms with Gasteiger partial charge in [0.15, 0.2) is 0 Å². The van der Waals surface area contributed by atoms with Gasteiger partial charge in [0.1, 0.15) is 0 Å². The van der Waals surface area contributed by atoms with Gasteiger partial charge in [-0.2, -0.15) is 9.98 Å². The summed E-state index contributed by atoms with van der Waals surface area (Å²) in [5.41, 5.74) is 6.00. The molecule has 0 bridgehead atoms. The van der Waals surface area contributed by atoms with E-state index in [1.165, 1.54) is 19.2 Å². The van der Waals surface area contributed by atoms with Gasteiger partial charge in [-0.05, 0) is 12.1 Å². The molecule has 0 atom stereocenters. The van der Waals surface area contributed by atoms with E-state index >= 15 is 0 Å². The van der Waals surface area contributed by atoms with E-state index in [9.17, 15) is 9.59 Å². The highest BCUT2D eigenvalue weighted by Gasteiger charge is 2.13. The molecule has 1 aromatic rings. The Labute approximate surface area is 84.1 Å². The van der Waals surface area contributed by atoms with E-state index in [2.05, 4.69) is 14.7 Å². The lowest BCUT2D eigenvalue weighted by Gasteiger charge is -2.01. The van der Waals surface area contributed by atoms with E-state index in [-0.39, 0.29) is 11.3 Å². The van der Waals surface area contributed by atoms with E-state index in [1.54, 1.807) is 0 Å². The third kappa shape index (κ3) is 1.45. The van der Waals surface area contributed by atoms with Gasteiger partial charge in [-0.25, -0.2) is 9.59 Å². The Kier molecular flexibility index (Phi) is 1.96. The van der Waals surface area contributed by atoms with E-state index in [4.69, 9.17) is 5.73 Å². The van der Waals surface area contributed by atoms with E-state index in [0.29, 0.717) is 10.7 Å². The van der Waals surface area contributed by atoms with Crippen LogP contribution in [0.4, 0.5) is 10.5 Å². The maximum atomic E-state index is 11.3. The third-order valence-corrected chi connectivity index (χ3v) is 1.98. The SMILES string of the molecule is COC(=O)c1cc2c(cc1N)=NC(=O)N=2. The minimum absolute atomic E-state index is 0.185. The van der Waals surface area contributed by atoms with Crippen LogP contribution in [0.25, 0.3) is 0 Å². The zero-order valence-corrected chi connectivity index (χ0v) is 7.85. The molecule has 2 amide bonds. The van der Waals surface area contributed by atoms with Crippen molar-refractivity contribution >= 4 is 17.7 Å². The zero-order chi connectivity index (χ0) is 11.0.